The lowest BCUT2D eigenvalue weighted by Gasteiger charge is -2.20. The maximum atomic E-state index is 5.77. The molecular formula is C16H27NO3. The van der Waals surface area contributed by atoms with Crippen molar-refractivity contribution < 1.29 is 14.2 Å². The van der Waals surface area contributed by atoms with E-state index >= 15 is 0 Å². The van der Waals surface area contributed by atoms with Crippen LogP contribution in [0.2, 0.25) is 0 Å². The number of likely N-dealkylation sites (N-methyl/N-ethyl adjacent to an activating group) is 1. The smallest absolute Gasteiger partial charge is 0.123 e. The Morgan fingerprint density at radius 3 is 2.45 bits per heavy atom. The number of nitrogens with one attached hydrogen (secondary N) is 1. The van der Waals surface area contributed by atoms with Crippen molar-refractivity contribution >= 4 is 0 Å². The molecule has 0 spiro atoms. The molecule has 0 saturated heterocycles. The van der Waals surface area contributed by atoms with Crippen LogP contribution in [0.15, 0.2) is 18.2 Å². The molecule has 0 aromatic heterocycles. The fourth-order valence-electron chi connectivity index (χ4n) is 1.96. The molecule has 0 heterocycles. The Hall–Kier alpha value is -1.26. The first-order valence-corrected chi connectivity index (χ1v) is 7.09. The van der Waals surface area contributed by atoms with Crippen molar-refractivity contribution in [1.82, 2.24) is 5.32 Å². The standard InChI is InChI=1S/C16H27NO3/c1-12(2)8-9-20-11-15(17-3)14-10-13(18-4)6-7-16(14)19-5/h6-7,10,12,15,17H,8-9,11H2,1-5H3. The van der Waals surface area contributed by atoms with Crippen LogP contribution < -0.4 is 14.8 Å². The molecule has 4 nitrogen and oxygen atoms in total. The third-order valence-corrected chi connectivity index (χ3v) is 3.28. The van der Waals surface area contributed by atoms with Gasteiger partial charge in [0, 0.05) is 12.2 Å². The second-order valence-corrected chi connectivity index (χ2v) is 5.21. The van der Waals surface area contributed by atoms with E-state index in [0.717, 1.165) is 30.1 Å². The van der Waals surface area contributed by atoms with Crippen molar-refractivity contribution in [3.8, 4) is 11.5 Å². The first kappa shape index (κ1) is 16.8. The average Bonchev–Trinajstić information content (AvgIpc) is 2.46. The zero-order valence-electron chi connectivity index (χ0n) is 13.2. The molecule has 0 aliphatic heterocycles. The maximum Gasteiger partial charge on any atom is 0.123 e. The van der Waals surface area contributed by atoms with Crippen molar-refractivity contribution in [3.05, 3.63) is 23.8 Å². The molecule has 1 atom stereocenters. The molecule has 1 aromatic rings. The molecule has 114 valence electrons. The van der Waals surface area contributed by atoms with Gasteiger partial charge in [0.1, 0.15) is 11.5 Å². The van der Waals surface area contributed by atoms with Gasteiger partial charge in [0.15, 0.2) is 0 Å². The highest BCUT2D eigenvalue weighted by Crippen LogP contribution is 2.29. The lowest BCUT2D eigenvalue weighted by Crippen LogP contribution is -2.23. The first-order chi connectivity index (χ1) is 9.62. The first-order valence-electron chi connectivity index (χ1n) is 7.09. The van der Waals surface area contributed by atoms with Crippen LogP contribution in [0.1, 0.15) is 31.9 Å². The van der Waals surface area contributed by atoms with Gasteiger partial charge in [0.25, 0.3) is 0 Å². The summed E-state index contributed by atoms with van der Waals surface area (Å²) < 4.78 is 16.5. The molecule has 0 bridgehead atoms. The number of rotatable bonds is 9. The summed E-state index contributed by atoms with van der Waals surface area (Å²) in [7, 11) is 5.27. The molecule has 1 unspecified atom stereocenters. The fourth-order valence-corrected chi connectivity index (χ4v) is 1.96. The molecule has 0 aliphatic carbocycles. The van der Waals surface area contributed by atoms with E-state index in [2.05, 4.69) is 19.2 Å². The molecule has 4 heteroatoms. The SMILES string of the molecule is CNC(COCCC(C)C)c1cc(OC)ccc1OC. The molecule has 1 N–H and O–H groups in total. The van der Waals surface area contributed by atoms with Crippen molar-refractivity contribution in [2.45, 2.75) is 26.3 Å². The van der Waals surface area contributed by atoms with Gasteiger partial charge in [-0.05, 0) is 37.6 Å². The predicted molar refractivity (Wildman–Crippen MR) is 81.6 cm³/mol. The molecule has 0 saturated carbocycles. The molecule has 20 heavy (non-hydrogen) atoms. The van der Waals surface area contributed by atoms with E-state index < -0.39 is 0 Å². The second-order valence-electron chi connectivity index (χ2n) is 5.21. The topological polar surface area (TPSA) is 39.7 Å². The number of ether oxygens (including phenoxy) is 3. The lowest BCUT2D eigenvalue weighted by molar-refractivity contribution is 0.103. The van der Waals surface area contributed by atoms with Crippen molar-refractivity contribution in [2.24, 2.45) is 5.92 Å². The minimum absolute atomic E-state index is 0.0900. The number of hydrogen-bond donors (Lipinski definition) is 1. The molecule has 1 rings (SSSR count). The van der Waals surface area contributed by atoms with Gasteiger partial charge in [-0.2, -0.15) is 0 Å². The zero-order chi connectivity index (χ0) is 15.0. The van der Waals surface area contributed by atoms with Crippen molar-refractivity contribution in [3.63, 3.8) is 0 Å². The minimum atomic E-state index is 0.0900. The van der Waals surface area contributed by atoms with Crippen LogP contribution in [0.25, 0.3) is 0 Å². The van der Waals surface area contributed by atoms with Gasteiger partial charge >= 0.3 is 0 Å². The lowest BCUT2D eigenvalue weighted by atomic mass is 10.1. The number of hydrogen-bond acceptors (Lipinski definition) is 4. The van der Waals surface area contributed by atoms with E-state index in [0.29, 0.717) is 12.5 Å². The van der Waals surface area contributed by atoms with Crippen LogP contribution in [0.4, 0.5) is 0 Å². The van der Waals surface area contributed by atoms with E-state index in [1.165, 1.54) is 0 Å². The summed E-state index contributed by atoms with van der Waals surface area (Å²) in [6, 6.07) is 5.90. The van der Waals surface area contributed by atoms with Crippen LogP contribution in [0.3, 0.4) is 0 Å². The summed E-state index contributed by atoms with van der Waals surface area (Å²) >= 11 is 0. The molecule has 1 aromatic carbocycles. The monoisotopic (exact) mass is 281 g/mol. The normalized spacial score (nSPS) is 12.5. The summed E-state index contributed by atoms with van der Waals surface area (Å²) in [6.45, 7) is 5.79. The van der Waals surface area contributed by atoms with Gasteiger partial charge in [-0.1, -0.05) is 13.8 Å². The van der Waals surface area contributed by atoms with Gasteiger partial charge in [-0.3, -0.25) is 0 Å². The number of methoxy groups -OCH3 is 2. The van der Waals surface area contributed by atoms with Gasteiger partial charge in [-0.15, -0.1) is 0 Å². The van der Waals surface area contributed by atoms with Crippen LogP contribution in [-0.4, -0.2) is 34.5 Å². The van der Waals surface area contributed by atoms with Crippen molar-refractivity contribution in [2.75, 3.05) is 34.5 Å². The summed E-state index contributed by atoms with van der Waals surface area (Å²) in [5.41, 5.74) is 1.05. The Bertz CT molecular complexity index is 393. The predicted octanol–water partition coefficient (Wildman–Crippen LogP) is 3.03. The van der Waals surface area contributed by atoms with Crippen LogP contribution >= 0.6 is 0 Å². The summed E-state index contributed by atoms with van der Waals surface area (Å²) in [5.74, 6) is 2.33. The Kier molecular flexibility index (Phi) is 7.41. The minimum Gasteiger partial charge on any atom is -0.497 e. The van der Waals surface area contributed by atoms with Crippen LogP contribution in [-0.2, 0) is 4.74 Å². The van der Waals surface area contributed by atoms with Crippen LogP contribution in [0, 0.1) is 5.92 Å². The Morgan fingerprint density at radius 1 is 1.15 bits per heavy atom. The van der Waals surface area contributed by atoms with E-state index in [1.54, 1.807) is 14.2 Å². The molecule has 0 amide bonds. The quantitative estimate of drug-likeness (QED) is 0.706. The third-order valence-electron chi connectivity index (χ3n) is 3.28. The van der Waals surface area contributed by atoms with E-state index in [-0.39, 0.29) is 6.04 Å². The van der Waals surface area contributed by atoms with E-state index in [4.69, 9.17) is 14.2 Å². The Labute approximate surface area is 122 Å². The second kappa shape index (κ2) is 8.82. The Morgan fingerprint density at radius 2 is 1.90 bits per heavy atom. The van der Waals surface area contributed by atoms with Gasteiger partial charge in [-0.25, -0.2) is 0 Å². The maximum absolute atomic E-state index is 5.77. The fraction of sp³-hybridized carbons (Fsp3) is 0.625. The zero-order valence-corrected chi connectivity index (χ0v) is 13.2. The van der Waals surface area contributed by atoms with E-state index in [1.807, 2.05) is 25.2 Å². The highest BCUT2D eigenvalue weighted by atomic mass is 16.5. The molecular weight excluding hydrogens is 254 g/mol. The Balaban J connectivity index is 2.72. The third kappa shape index (κ3) is 5.02. The number of benzene rings is 1. The van der Waals surface area contributed by atoms with Gasteiger partial charge in [0.2, 0.25) is 0 Å². The largest absolute Gasteiger partial charge is 0.497 e. The summed E-state index contributed by atoms with van der Waals surface area (Å²) in [4.78, 5) is 0. The highest BCUT2D eigenvalue weighted by Gasteiger charge is 2.16. The molecule has 0 radical (unpaired) electrons. The molecule has 0 aliphatic rings. The average molecular weight is 281 g/mol. The summed E-state index contributed by atoms with van der Waals surface area (Å²) in [5, 5.41) is 3.27. The summed E-state index contributed by atoms with van der Waals surface area (Å²) in [6.07, 6.45) is 1.08. The van der Waals surface area contributed by atoms with E-state index in [9.17, 15) is 0 Å². The van der Waals surface area contributed by atoms with Gasteiger partial charge < -0.3 is 19.5 Å². The van der Waals surface area contributed by atoms with Crippen LogP contribution in [0.5, 0.6) is 11.5 Å². The van der Waals surface area contributed by atoms with Gasteiger partial charge in [0.05, 0.1) is 26.9 Å². The van der Waals surface area contributed by atoms with Crippen molar-refractivity contribution in [1.29, 1.82) is 0 Å². The highest BCUT2D eigenvalue weighted by molar-refractivity contribution is 5.42. The molecule has 0 fully saturated rings.